The Balaban J connectivity index is 1.41. The van der Waals surface area contributed by atoms with Crippen molar-refractivity contribution in [2.24, 2.45) is 17.8 Å². The normalized spacial score (nSPS) is 30.9. The Bertz CT molecular complexity index is 1590. The Labute approximate surface area is 199 Å². The van der Waals surface area contributed by atoms with Crippen molar-refractivity contribution in [2.45, 2.75) is 17.9 Å². The van der Waals surface area contributed by atoms with Crippen molar-refractivity contribution in [1.82, 2.24) is 4.90 Å². The highest BCUT2D eigenvalue weighted by atomic mass is 32.1. The average molecular weight is 468 g/mol. The lowest BCUT2D eigenvalue weighted by Crippen LogP contribution is -2.54. The fourth-order valence-corrected chi connectivity index (χ4v) is 10.2. The molecule has 0 spiro atoms. The molecular weight excluding hydrogens is 446 g/mol. The molecule has 5 aliphatic rings. The third-order valence-corrected chi connectivity index (χ3v) is 10.9. The van der Waals surface area contributed by atoms with Gasteiger partial charge < -0.3 is 4.74 Å². The lowest BCUT2D eigenvalue weighted by molar-refractivity contribution is 0.0698. The minimum atomic E-state index is -0.242. The van der Waals surface area contributed by atoms with Gasteiger partial charge in [0.1, 0.15) is 0 Å². The summed E-state index contributed by atoms with van der Waals surface area (Å²) < 4.78 is 9.41. The number of benzene rings is 2. The summed E-state index contributed by atoms with van der Waals surface area (Å²) in [7, 11) is 1.49. The van der Waals surface area contributed by atoms with Gasteiger partial charge in [-0.05, 0) is 40.3 Å². The summed E-state index contributed by atoms with van der Waals surface area (Å²) in [5.41, 5.74) is 1.50. The molecule has 4 unspecified atom stereocenters. The highest BCUT2D eigenvalue weighted by Gasteiger charge is 2.60. The van der Waals surface area contributed by atoms with Crippen LogP contribution in [0.3, 0.4) is 0 Å². The van der Waals surface area contributed by atoms with E-state index in [-0.39, 0.29) is 18.1 Å². The quantitative estimate of drug-likeness (QED) is 0.270. The smallest absolute Gasteiger partial charge is 0.413 e. The van der Waals surface area contributed by atoms with Crippen molar-refractivity contribution in [3.8, 4) is 0 Å². The number of carbonyl (C=O) groups is 1. The van der Waals surface area contributed by atoms with Crippen LogP contribution in [0.25, 0.3) is 30.3 Å². The van der Waals surface area contributed by atoms with Crippen molar-refractivity contribution in [3.63, 3.8) is 0 Å². The Morgan fingerprint density at radius 1 is 0.909 bits per heavy atom. The molecule has 2 bridgehead atoms. The number of ether oxygens (including phenoxy) is 1. The SMILES string of the molecule is COC(=O)N1C=CC2C1[C@@H]1c3c(sc4c3sc3cc5ccccc5cc34)[C@@H]2C2C=CC=CC21. The van der Waals surface area contributed by atoms with Crippen molar-refractivity contribution in [3.05, 3.63) is 83.4 Å². The highest BCUT2D eigenvalue weighted by molar-refractivity contribution is 7.33. The second-order valence-corrected chi connectivity index (χ2v) is 11.7. The van der Waals surface area contributed by atoms with Crippen LogP contribution in [0.1, 0.15) is 22.3 Å². The molecule has 0 saturated heterocycles. The molecule has 162 valence electrons. The summed E-state index contributed by atoms with van der Waals surface area (Å²) in [6, 6.07) is 13.5. The van der Waals surface area contributed by atoms with E-state index in [0.29, 0.717) is 23.7 Å². The van der Waals surface area contributed by atoms with Crippen molar-refractivity contribution >= 4 is 59.0 Å². The zero-order chi connectivity index (χ0) is 21.8. The van der Waals surface area contributed by atoms with Gasteiger partial charge in [0.25, 0.3) is 0 Å². The lowest BCUT2D eigenvalue weighted by atomic mass is 9.52. The first-order valence-electron chi connectivity index (χ1n) is 11.5. The molecule has 4 aliphatic carbocycles. The van der Waals surface area contributed by atoms with Gasteiger partial charge in [0.2, 0.25) is 0 Å². The number of methoxy groups -OCH3 is 1. The van der Waals surface area contributed by atoms with Crippen LogP contribution in [0.2, 0.25) is 0 Å². The van der Waals surface area contributed by atoms with Crippen LogP contribution >= 0.6 is 22.7 Å². The van der Waals surface area contributed by atoms with E-state index in [0.717, 1.165) is 0 Å². The molecule has 4 aromatic rings. The minimum absolute atomic E-state index is 0.134. The van der Waals surface area contributed by atoms with Gasteiger partial charge in [0.15, 0.2) is 0 Å². The van der Waals surface area contributed by atoms with Gasteiger partial charge in [-0.25, -0.2) is 4.79 Å². The number of hydrogen-bond donors (Lipinski definition) is 0. The number of amides is 1. The molecule has 2 aromatic heterocycles. The lowest BCUT2D eigenvalue weighted by Gasteiger charge is -2.54. The summed E-state index contributed by atoms with van der Waals surface area (Å²) in [5, 5.41) is 3.98. The maximum Gasteiger partial charge on any atom is 0.413 e. The molecule has 0 radical (unpaired) electrons. The van der Waals surface area contributed by atoms with E-state index in [1.165, 1.54) is 42.9 Å². The maximum absolute atomic E-state index is 12.7. The molecule has 33 heavy (non-hydrogen) atoms. The highest BCUT2D eigenvalue weighted by Crippen LogP contribution is 2.66. The Morgan fingerprint density at radius 3 is 2.45 bits per heavy atom. The standard InChI is InChI=1S/C28H21NO2S2/c1-31-28(30)29-11-10-18-21-16-8-4-5-9-17(16)22(24(18)29)23-26(21)33-25-19-12-14-6-2-3-7-15(14)13-20(19)32-27(23)25/h2-13,16-18,21-22,24H,1H3/t16?,17?,18?,21-,22+,24?/m1/s1. The van der Waals surface area contributed by atoms with Crippen LogP contribution in [-0.2, 0) is 4.74 Å². The second kappa shape index (κ2) is 6.37. The molecule has 5 heteroatoms. The van der Waals surface area contributed by atoms with E-state index in [1.807, 2.05) is 33.8 Å². The van der Waals surface area contributed by atoms with Gasteiger partial charge in [-0.1, -0.05) is 54.6 Å². The molecule has 1 fully saturated rings. The van der Waals surface area contributed by atoms with E-state index in [1.54, 1.807) is 4.88 Å². The number of carbonyl (C=O) groups excluding carboxylic acids is 1. The van der Waals surface area contributed by atoms with E-state index in [4.69, 9.17) is 4.74 Å². The van der Waals surface area contributed by atoms with E-state index >= 15 is 0 Å². The topological polar surface area (TPSA) is 29.5 Å². The molecule has 3 nitrogen and oxygen atoms in total. The number of nitrogens with zero attached hydrogens (tertiary/aromatic N) is 1. The summed E-state index contributed by atoms with van der Waals surface area (Å²) in [6.07, 6.45) is 13.2. The van der Waals surface area contributed by atoms with Gasteiger partial charge in [-0.15, -0.1) is 22.7 Å². The molecule has 6 atom stereocenters. The number of rotatable bonds is 0. The zero-order valence-electron chi connectivity index (χ0n) is 18.0. The van der Waals surface area contributed by atoms with Crippen molar-refractivity contribution in [1.29, 1.82) is 0 Å². The predicted molar refractivity (Wildman–Crippen MR) is 136 cm³/mol. The van der Waals surface area contributed by atoms with Gasteiger partial charge in [0, 0.05) is 38.9 Å². The van der Waals surface area contributed by atoms with E-state index < -0.39 is 0 Å². The predicted octanol–water partition coefficient (Wildman–Crippen LogP) is 7.40. The Morgan fingerprint density at radius 2 is 1.67 bits per heavy atom. The van der Waals surface area contributed by atoms with Gasteiger partial charge in [-0.2, -0.15) is 0 Å². The first kappa shape index (κ1) is 18.5. The Hall–Kier alpha value is -2.89. The number of allylic oxidation sites excluding steroid dienone is 4. The molecule has 1 amide bonds. The van der Waals surface area contributed by atoms with Gasteiger partial charge in [0.05, 0.1) is 22.6 Å². The van der Waals surface area contributed by atoms with E-state index in [9.17, 15) is 4.79 Å². The van der Waals surface area contributed by atoms with Crippen LogP contribution in [0.5, 0.6) is 0 Å². The monoisotopic (exact) mass is 467 g/mol. The van der Waals surface area contributed by atoms with E-state index in [2.05, 4.69) is 66.8 Å². The summed E-state index contributed by atoms with van der Waals surface area (Å²) in [4.78, 5) is 16.1. The average Bonchev–Trinajstić information content (AvgIpc) is 3.54. The summed E-state index contributed by atoms with van der Waals surface area (Å²) >= 11 is 3.95. The third-order valence-electron chi connectivity index (χ3n) is 8.27. The molecule has 1 aliphatic heterocycles. The summed E-state index contributed by atoms with van der Waals surface area (Å²) in [6.45, 7) is 0. The maximum atomic E-state index is 12.7. The minimum Gasteiger partial charge on any atom is -0.452 e. The van der Waals surface area contributed by atoms with Crippen molar-refractivity contribution < 1.29 is 9.53 Å². The van der Waals surface area contributed by atoms with Crippen LogP contribution < -0.4 is 0 Å². The largest absolute Gasteiger partial charge is 0.452 e. The third kappa shape index (κ3) is 2.22. The van der Waals surface area contributed by atoms with Crippen LogP contribution in [-0.4, -0.2) is 24.1 Å². The zero-order valence-corrected chi connectivity index (χ0v) is 19.6. The van der Waals surface area contributed by atoms with Gasteiger partial charge in [-0.3, -0.25) is 4.90 Å². The Kier molecular flexibility index (Phi) is 3.57. The molecule has 1 saturated carbocycles. The van der Waals surface area contributed by atoms with Crippen LogP contribution in [0.4, 0.5) is 4.79 Å². The number of hydrogen-bond acceptors (Lipinski definition) is 4. The molecule has 3 heterocycles. The van der Waals surface area contributed by atoms with Crippen molar-refractivity contribution in [2.75, 3.05) is 7.11 Å². The van der Waals surface area contributed by atoms with Gasteiger partial charge >= 0.3 is 6.09 Å². The number of thiophene rings is 2. The fraction of sp³-hybridized carbons (Fsp3) is 0.250. The van der Waals surface area contributed by atoms with Crippen LogP contribution in [0, 0.1) is 17.8 Å². The van der Waals surface area contributed by atoms with Crippen LogP contribution in [0.15, 0.2) is 73.0 Å². The first-order chi connectivity index (χ1) is 16.2. The molecular formula is C28H21NO2S2. The summed E-state index contributed by atoms with van der Waals surface area (Å²) in [5.74, 6) is 1.95. The molecule has 0 N–H and O–H groups in total. The fourth-order valence-electron chi connectivity index (χ4n) is 7.06. The number of fused-ring (bicyclic) bond motifs is 4. The molecule has 9 rings (SSSR count). The first-order valence-corrected chi connectivity index (χ1v) is 13.1. The molecule has 2 aromatic carbocycles. The second-order valence-electron chi connectivity index (χ2n) is 9.60.